The summed E-state index contributed by atoms with van der Waals surface area (Å²) in [5, 5.41) is 11.4. The molecule has 1 fully saturated rings. The lowest BCUT2D eigenvalue weighted by atomic mass is 10.1. The minimum absolute atomic E-state index is 0.217. The van der Waals surface area contributed by atoms with Crippen LogP contribution in [0.4, 0.5) is 0 Å². The van der Waals surface area contributed by atoms with Crippen LogP contribution in [0.1, 0.15) is 16.9 Å². The third-order valence-electron chi connectivity index (χ3n) is 3.89. The van der Waals surface area contributed by atoms with Gasteiger partial charge in [-0.25, -0.2) is 4.98 Å². The Morgan fingerprint density at radius 2 is 2.17 bits per heavy atom. The SMILES string of the molecule is COc1ccccc1-c1nc(C(=O)N2CCC(C(=O)O)C2)cs1. The van der Waals surface area contributed by atoms with E-state index < -0.39 is 11.9 Å². The molecule has 0 aliphatic carbocycles. The second-order valence-corrected chi connectivity index (χ2v) is 6.17. The Bertz CT molecular complexity index is 743. The Balaban J connectivity index is 1.79. The molecule has 2 aromatic rings. The lowest BCUT2D eigenvalue weighted by Gasteiger charge is -2.13. The van der Waals surface area contributed by atoms with E-state index in [1.54, 1.807) is 17.4 Å². The molecule has 23 heavy (non-hydrogen) atoms. The number of ether oxygens (including phenoxy) is 1. The van der Waals surface area contributed by atoms with E-state index in [0.717, 1.165) is 5.56 Å². The summed E-state index contributed by atoms with van der Waals surface area (Å²) < 4.78 is 5.32. The molecule has 1 aromatic carbocycles. The molecule has 0 spiro atoms. The summed E-state index contributed by atoms with van der Waals surface area (Å²) in [6, 6.07) is 7.50. The summed E-state index contributed by atoms with van der Waals surface area (Å²) >= 11 is 1.37. The number of thiazole rings is 1. The largest absolute Gasteiger partial charge is 0.496 e. The molecule has 2 heterocycles. The van der Waals surface area contributed by atoms with E-state index in [2.05, 4.69) is 4.98 Å². The highest BCUT2D eigenvalue weighted by Gasteiger charge is 2.32. The Morgan fingerprint density at radius 3 is 2.87 bits per heavy atom. The number of methoxy groups -OCH3 is 1. The fourth-order valence-electron chi connectivity index (χ4n) is 2.63. The monoisotopic (exact) mass is 332 g/mol. The molecule has 120 valence electrons. The molecule has 1 saturated heterocycles. The summed E-state index contributed by atoms with van der Waals surface area (Å²) in [5.74, 6) is -0.848. The lowest BCUT2D eigenvalue weighted by molar-refractivity contribution is -0.141. The van der Waals surface area contributed by atoms with Crippen LogP contribution in [0, 0.1) is 5.92 Å². The van der Waals surface area contributed by atoms with Gasteiger partial charge in [-0.2, -0.15) is 0 Å². The van der Waals surface area contributed by atoms with Crippen LogP contribution < -0.4 is 4.74 Å². The maximum absolute atomic E-state index is 12.5. The number of aliphatic carboxylic acids is 1. The Labute approximate surface area is 137 Å². The summed E-state index contributed by atoms with van der Waals surface area (Å²) in [4.78, 5) is 29.4. The van der Waals surface area contributed by atoms with Crippen LogP contribution in [0.3, 0.4) is 0 Å². The molecule has 6 nitrogen and oxygen atoms in total. The Morgan fingerprint density at radius 1 is 1.39 bits per heavy atom. The van der Waals surface area contributed by atoms with Crippen molar-refractivity contribution in [1.29, 1.82) is 0 Å². The molecular weight excluding hydrogens is 316 g/mol. The van der Waals surface area contributed by atoms with Crippen molar-refractivity contribution in [3.8, 4) is 16.3 Å². The minimum atomic E-state index is -0.853. The number of carboxylic acid groups (broad SMARTS) is 1. The Kier molecular flexibility index (Phi) is 4.29. The molecule has 1 aromatic heterocycles. The van der Waals surface area contributed by atoms with E-state index in [1.807, 2.05) is 24.3 Å². The molecule has 1 aliphatic rings. The van der Waals surface area contributed by atoms with Crippen LogP contribution in [0.25, 0.3) is 10.6 Å². The van der Waals surface area contributed by atoms with Gasteiger partial charge in [0.1, 0.15) is 16.5 Å². The van der Waals surface area contributed by atoms with Gasteiger partial charge in [0.25, 0.3) is 5.91 Å². The fraction of sp³-hybridized carbons (Fsp3) is 0.312. The zero-order valence-electron chi connectivity index (χ0n) is 12.6. The lowest BCUT2D eigenvalue weighted by Crippen LogP contribution is -2.30. The standard InChI is InChI=1S/C16H16N2O4S/c1-22-13-5-3-2-4-11(13)14-17-12(9-23-14)15(19)18-7-6-10(8-18)16(20)21/h2-5,9-10H,6-8H2,1H3,(H,20,21). The fourth-order valence-corrected chi connectivity index (χ4v) is 3.45. The van der Waals surface area contributed by atoms with E-state index >= 15 is 0 Å². The number of likely N-dealkylation sites (tertiary alicyclic amines) is 1. The molecule has 1 atom stereocenters. The van der Waals surface area contributed by atoms with Crippen molar-refractivity contribution in [3.63, 3.8) is 0 Å². The average Bonchev–Trinajstić information content (AvgIpc) is 3.23. The van der Waals surface area contributed by atoms with E-state index in [9.17, 15) is 9.59 Å². The number of benzene rings is 1. The molecule has 1 amide bonds. The van der Waals surface area contributed by atoms with Crippen LogP contribution in [0.15, 0.2) is 29.6 Å². The maximum Gasteiger partial charge on any atom is 0.308 e. The van der Waals surface area contributed by atoms with Crippen molar-refractivity contribution in [2.45, 2.75) is 6.42 Å². The van der Waals surface area contributed by atoms with Crippen LogP contribution >= 0.6 is 11.3 Å². The molecule has 7 heteroatoms. The van der Waals surface area contributed by atoms with Crippen molar-refractivity contribution in [1.82, 2.24) is 9.88 Å². The molecule has 1 N–H and O–H groups in total. The maximum atomic E-state index is 12.5. The number of hydrogen-bond acceptors (Lipinski definition) is 5. The highest BCUT2D eigenvalue weighted by atomic mass is 32.1. The van der Waals surface area contributed by atoms with Gasteiger partial charge in [0.15, 0.2) is 0 Å². The number of carbonyl (C=O) groups is 2. The van der Waals surface area contributed by atoms with Crippen molar-refractivity contribution in [3.05, 3.63) is 35.3 Å². The van der Waals surface area contributed by atoms with E-state index in [0.29, 0.717) is 29.4 Å². The normalized spacial score (nSPS) is 17.3. The number of amides is 1. The first-order valence-electron chi connectivity index (χ1n) is 7.21. The summed E-state index contributed by atoms with van der Waals surface area (Å²) in [7, 11) is 1.59. The number of para-hydroxylation sites is 1. The van der Waals surface area contributed by atoms with Crippen molar-refractivity contribution >= 4 is 23.2 Å². The van der Waals surface area contributed by atoms with Crippen LogP contribution in [0.5, 0.6) is 5.75 Å². The topological polar surface area (TPSA) is 79.7 Å². The Hall–Kier alpha value is -2.41. The van der Waals surface area contributed by atoms with Crippen LogP contribution in [0.2, 0.25) is 0 Å². The van der Waals surface area contributed by atoms with Gasteiger partial charge in [0.05, 0.1) is 18.6 Å². The van der Waals surface area contributed by atoms with Gasteiger partial charge >= 0.3 is 5.97 Å². The molecule has 0 bridgehead atoms. The zero-order valence-corrected chi connectivity index (χ0v) is 13.4. The first kappa shape index (κ1) is 15.5. The zero-order chi connectivity index (χ0) is 16.4. The van der Waals surface area contributed by atoms with Gasteiger partial charge in [-0.05, 0) is 18.6 Å². The first-order valence-corrected chi connectivity index (χ1v) is 8.09. The highest BCUT2D eigenvalue weighted by Crippen LogP contribution is 2.32. The smallest absolute Gasteiger partial charge is 0.308 e. The molecule has 0 radical (unpaired) electrons. The number of carbonyl (C=O) groups excluding carboxylic acids is 1. The number of nitrogens with zero attached hydrogens (tertiary/aromatic N) is 2. The van der Waals surface area contributed by atoms with Gasteiger partial charge in [-0.15, -0.1) is 11.3 Å². The molecular formula is C16H16N2O4S. The summed E-state index contributed by atoms with van der Waals surface area (Å²) in [5.41, 5.74) is 1.19. The van der Waals surface area contributed by atoms with Gasteiger partial charge < -0.3 is 14.7 Å². The van der Waals surface area contributed by atoms with Gasteiger partial charge in [0, 0.05) is 18.5 Å². The molecule has 1 unspecified atom stereocenters. The average molecular weight is 332 g/mol. The molecule has 1 aliphatic heterocycles. The predicted molar refractivity (Wildman–Crippen MR) is 85.7 cm³/mol. The minimum Gasteiger partial charge on any atom is -0.496 e. The van der Waals surface area contributed by atoms with Gasteiger partial charge in [-0.1, -0.05) is 12.1 Å². The summed E-state index contributed by atoms with van der Waals surface area (Å²) in [6.45, 7) is 0.701. The highest BCUT2D eigenvalue weighted by molar-refractivity contribution is 7.13. The second-order valence-electron chi connectivity index (χ2n) is 5.31. The van der Waals surface area contributed by atoms with Gasteiger partial charge in [-0.3, -0.25) is 9.59 Å². The summed E-state index contributed by atoms with van der Waals surface area (Å²) in [6.07, 6.45) is 0.491. The number of rotatable bonds is 4. The molecule has 3 rings (SSSR count). The van der Waals surface area contributed by atoms with Crippen LogP contribution in [-0.4, -0.2) is 47.1 Å². The van der Waals surface area contributed by atoms with E-state index in [-0.39, 0.29) is 12.5 Å². The van der Waals surface area contributed by atoms with Gasteiger partial charge in [0.2, 0.25) is 0 Å². The predicted octanol–water partition coefficient (Wildman–Crippen LogP) is 2.37. The van der Waals surface area contributed by atoms with E-state index in [1.165, 1.54) is 11.3 Å². The number of carboxylic acids is 1. The van der Waals surface area contributed by atoms with Crippen molar-refractivity contribution in [2.75, 3.05) is 20.2 Å². The van der Waals surface area contributed by atoms with Crippen molar-refractivity contribution in [2.24, 2.45) is 5.92 Å². The molecule has 0 saturated carbocycles. The van der Waals surface area contributed by atoms with E-state index in [4.69, 9.17) is 9.84 Å². The van der Waals surface area contributed by atoms with Crippen LogP contribution in [-0.2, 0) is 4.79 Å². The second kappa shape index (κ2) is 6.37. The third kappa shape index (κ3) is 3.05. The number of aromatic nitrogens is 1. The quantitative estimate of drug-likeness (QED) is 0.930. The van der Waals surface area contributed by atoms with Crippen molar-refractivity contribution < 1.29 is 19.4 Å². The third-order valence-corrected chi connectivity index (χ3v) is 4.76. The first-order chi connectivity index (χ1) is 11.1. The number of hydrogen-bond donors (Lipinski definition) is 1.